The number of aryl methyl sites for hydroxylation is 2. The molecule has 152 valence electrons. The van der Waals surface area contributed by atoms with Gasteiger partial charge in [0, 0.05) is 25.7 Å². The lowest BCUT2D eigenvalue weighted by atomic mass is 10.0. The number of hydrogen-bond donors (Lipinski definition) is 0. The summed E-state index contributed by atoms with van der Waals surface area (Å²) in [5, 5.41) is 4.14. The summed E-state index contributed by atoms with van der Waals surface area (Å²) in [5.74, 6) is -0.319. The minimum absolute atomic E-state index is 0.0846. The zero-order valence-electron chi connectivity index (χ0n) is 14.6. The fourth-order valence-corrected chi connectivity index (χ4v) is 3.17. The molecule has 3 rings (SSSR count). The molecule has 1 aromatic carbocycles. The van der Waals surface area contributed by atoms with Crippen LogP contribution in [-0.2, 0) is 36.7 Å². The van der Waals surface area contributed by atoms with E-state index in [1.54, 1.807) is 21.8 Å². The zero-order chi connectivity index (χ0) is 20.5. The molecule has 10 heteroatoms. The number of hydrogen-bond acceptors (Lipinski definition) is 2. The van der Waals surface area contributed by atoms with E-state index in [4.69, 9.17) is 0 Å². The van der Waals surface area contributed by atoms with Crippen molar-refractivity contribution in [1.82, 2.24) is 14.7 Å². The van der Waals surface area contributed by atoms with Crippen molar-refractivity contribution >= 4 is 5.91 Å². The summed E-state index contributed by atoms with van der Waals surface area (Å²) in [6.07, 6.45) is -7.90. The molecule has 28 heavy (non-hydrogen) atoms. The second kappa shape index (κ2) is 7.48. The number of carbonyl (C=O) groups is 1. The minimum atomic E-state index is -4.90. The number of rotatable bonds is 3. The Morgan fingerprint density at radius 2 is 1.64 bits per heavy atom. The van der Waals surface area contributed by atoms with Crippen LogP contribution in [0.25, 0.3) is 0 Å². The Hall–Kier alpha value is -2.52. The standard InChI is InChI=1S/C18H17F6N3O/c19-17(20,21)13-8-12(9-14(10-13)18(22,23)24)2-3-16(28)26-6-1-7-27-15(11-26)4-5-25-27/h4-5,8-10H,1-3,6-7,11H2. The van der Waals surface area contributed by atoms with Crippen molar-refractivity contribution in [2.75, 3.05) is 6.54 Å². The maximum Gasteiger partial charge on any atom is 0.416 e. The van der Waals surface area contributed by atoms with E-state index in [1.165, 1.54) is 0 Å². The Morgan fingerprint density at radius 3 is 2.25 bits per heavy atom. The van der Waals surface area contributed by atoms with Gasteiger partial charge < -0.3 is 4.90 Å². The van der Waals surface area contributed by atoms with Crippen LogP contribution >= 0.6 is 0 Å². The molecule has 1 aliphatic rings. The molecule has 0 N–H and O–H groups in total. The molecule has 0 saturated carbocycles. The van der Waals surface area contributed by atoms with Crippen molar-refractivity contribution in [3.8, 4) is 0 Å². The number of benzene rings is 1. The molecule has 0 bridgehead atoms. The van der Waals surface area contributed by atoms with Crippen LogP contribution in [0.1, 0.15) is 35.2 Å². The smallest absolute Gasteiger partial charge is 0.337 e. The molecule has 0 fully saturated rings. The molecule has 2 heterocycles. The largest absolute Gasteiger partial charge is 0.416 e. The van der Waals surface area contributed by atoms with Gasteiger partial charge in [-0.3, -0.25) is 9.48 Å². The number of carbonyl (C=O) groups excluding carboxylic acids is 1. The van der Waals surface area contributed by atoms with Gasteiger partial charge in [-0.05, 0) is 42.7 Å². The molecular formula is C18H17F6N3O. The van der Waals surface area contributed by atoms with E-state index in [0.717, 1.165) is 5.69 Å². The molecule has 1 amide bonds. The van der Waals surface area contributed by atoms with Crippen LogP contribution in [0.15, 0.2) is 30.5 Å². The molecule has 4 nitrogen and oxygen atoms in total. The molecule has 0 unspecified atom stereocenters. The average molecular weight is 405 g/mol. The highest BCUT2D eigenvalue weighted by Gasteiger charge is 2.36. The van der Waals surface area contributed by atoms with E-state index in [2.05, 4.69) is 5.10 Å². The van der Waals surface area contributed by atoms with E-state index in [0.29, 0.717) is 38.2 Å². The van der Waals surface area contributed by atoms with Crippen molar-refractivity contribution < 1.29 is 31.1 Å². The van der Waals surface area contributed by atoms with E-state index >= 15 is 0 Å². The van der Waals surface area contributed by atoms with Crippen LogP contribution in [0.3, 0.4) is 0 Å². The number of amides is 1. The monoisotopic (exact) mass is 405 g/mol. The third-order valence-electron chi connectivity index (χ3n) is 4.58. The summed E-state index contributed by atoms with van der Waals surface area (Å²) in [4.78, 5) is 14.0. The second-order valence-electron chi connectivity index (χ2n) is 6.63. The normalized spacial score (nSPS) is 15.3. The summed E-state index contributed by atoms with van der Waals surface area (Å²) in [5.41, 5.74) is -2.08. The molecule has 2 aromatic rings. The van der Waals surface area contributed by atoms with Crippen molar-refractivity contribution in [3.05, 3.63) is 52.8 Å². The van der Waals surface area contributed by atoms with Crippen LogP contribution < -0.4 is 0 Å². The van der Waals surface area contributed by atoms with Crippen molar-refractivity contribution in [2.45, 2.75) is 44.7 Å². The third-order valence-corrected chi connectivity index (χ3v) is 4.58. The maximum atomic E-state index is 12.9. The number of halogens is 6. The van der Waals surface area contributed by atoms with Crippen LogP contribution in [0.5, 0.6) is 0 Å². The first-order valence-corrected chi connectivity index (χ1v) is 8.61. The lowest BCUT2D eigenvalue weighted by Gasteiger charge is -2.20. The van der Waals surface area contributed by atoms with Gasteiger partial charge in [0.25, 0.3) is 0 Å². The Kier molecular flexibility index (Phi) is 5.40. The van der Waals surface area contributed by atoms with Gasteiger partial charge in [0.15, 0.2) is 0 Å². The van der Waals surface area contributed by atoms with Crippen LogP contribution in [-0.4, -0.2) is 27.1 Å². The predicted octanol–water partition coefficient (Wildman–Crippen LogP) is 4.29. The van der Waals surface area contributed by atoms with Gasteiger partial charge in [0.2, 0.25) is 5.91 Å². The first-order chi connectivity index (χ1) is 13.0. The summed E-state index contributed by atoms with van der Waals surface area (Å²) in [7, 11) is 0. The number of nitrogens with zero attached hydrogens (tertiary/aromatic N) is 3. The molecular weight excluding hydrogens is 388 g/mol. The van der Waals surface area contributed by atoms with Gasteiger partial charge in [-0.15, -0.1) is 0 Å². The Labute approximate surface area is 156 Å². The average Bonchev–Trinajstić information content (AvgIpc) is 2.94. The molecule has 0 saturated heterocycles. The SMILES string of the molecule is O=C(CCc1cc(C(F)(F)F)cc(C(F)(F)F)c1)N1CCCn2nccc2C1. The van der Waals surface area contributed by atoms with Crippen LogP contribution in [0, 0.1) is 0 Å². The third kappa shape index (κ3) is 4.66. The highest BCUT2D eigenvalue weighted by atomic mass is 19.4. The lowest BCUT2D eigenvalue weighted by molar-refractivity contribution is -0.143. The van der Waals surface area contributed by atoms with Crippen LogP contribution in [0.2, 0.25) is 0 Å². The Morgan fingerprint density at radius 1 is 1.00 bits per heavy atom. The number of aromatic nitrogens is 2. The fraction of sp³-hybridized carbons (Fsp3) is 0.444. The molecule has 0 atom stereocenters. The minimum Gasteiger partial charge on any atom is -0.337 e. The van der Waals surface area contributed by atoms with Crippen molar-refractivity contribution in [1.29, 1.82) is 0 Å². The second-order valence-corrected chi connectivity index (χ2v) is 6.63. The highest BCUT2D eigenvalue weighted by Crippen LogP contribution is 2.36. The highest BCUT2D eigenvalue weighted by molar-refractivity contribution is 5.76. The summed E-state index contributed by atoms with van der Waals surface area (Å²) in [6, 6.07) is 3.19. The Balaban J connectivity index is 1.74. The predicted molar refractivity (Wildman–Crippen MR) is 87.0 cm³/mol. The molecule has 1 aliphatic heterocycles. The van der Waals surface area contributed by atoms with Crippen molar-refractivity contribution in [3.63, 3.8) is 0 Å². The van der Waals surface area contributed by atoms with E-state index < -0.39 is 23.5 Å². The first kappa shape index (κ1) is 20.2. The quantitative estimate of drug-likeness (QED) is 0.715. The zero-order valence-corrected chi connectivity index (χ0v) is 14.6. The molecule has 0 spiro atoms. The fourth-order valence-electron chi connectivity index (χ4n) is 3.17. The van der Waals surface area contributed by atoms with Gasteiger partial charge in [-0.1, -0.05) is 0 Å². The van der Waals surface area contributed by atoms with Gasteiger partial charge in [-0.25, -0.2) is 0 Å². The van der Waals surface area contributed by atoms with Gasteiger partial charge in [-0.2, -0.15) is 31.4 Å². The van der Waals surface area contributed by atoms with E-state index in [1.807, 2.05) is 0 Å². The maximum absolute atomic E-state index is 12.9. The molecule has 1 aromatic heterocycles. The number of fused-ring (bicyclic) bond motifs is 1. The first-order valence-electron chi connectivity index (χ1n) is 8.61. The Bertz CT molecular complexity index is 823. The topological polar surface area (TPSA) is 38.1 Å². The summed E-state index contributed by atoms with van der Waals surface area (Å²) in [6.45, 7) is 1.42. The number of alkyl halides is 6. The van der Waals surface area contributed by atoms with E-state index in [9.17, 15) is 31.1 Å². The van der Waals surface area contributed by atoms with Gasteiger partial charge in [0.05, 0.1) is 23.4 Å². The van der Waals surface area contributed by atoms with Gasteiger partial charge in [0.1, 0.15) is 0 Å². The summed E-state index contributed by atoms with van der Waals surface area (Å²) >= 11 is 0. The van der Waals surface area contributed by atoms with E-state index in [-0.39, 0.29) is 30.4 Å². The van der Waals surface area contributed by atoms with Crippen LogP contribution in [0.4, 0.5) is 26.3 Å². The molecule has 0 radical (unpaired) electrons. The summed E-state index contributed by atoms with van der Waals surface area (Å²) < 4.78 is 79.4. The molecule has 0 aliphatic carbocycles. The van der Waals surface area contributed by atoms with Gasteiger partial charge >= 0.3 is 12.4 Å². The lowest BCUT2D eigenvalue weighted by Crippen LogP contribution is -2.30. The van der Waals surface area contributed by atoms with Crippen molar-refractivity contribution in [2.24, 2.45) is 0 Å².